The second-order valence-electron chi connectivity index (χ2n) is 4.48. The normalized spacial score (nSPS) is 12.7. The Bertz CT molecular complexity index is 381. The van der Waals surface area contributed by atoms with Crippen molar-refractivity contribution in [3.63, 3.8) is 0 Å². The van der Waals surface area contributed by atoms with Crippen LogP contribution in [0, 0.1) is 5.92 Å². The minimum absolute atomic E-state index is 0.341. The van der Waals surface area contributed by atoms with Gasteiger partial charge < -0.3 is 10.4 Å². The van der Waals surface area contributed by atoms with Gasteiger partial charge in [0.1, 0.15) is 6.04 Å². The van der Waals surface area contributed by atoms with Crippen LogP contribution in [0.2, 0.25) is 0 Å². The third-order valence-corrected chi connectivity index (χ3v) is 3.00. The van der Waals surface area contributed by atoms with Crippen LogP contribution < -0.4 is 5.32 Å². The van der Waals surface area contributed by atoms with Gasteiger partial charge in [-0.2, -0.15) is 0 Å². The highest BCUT2D eigenvalue weighted by atomic mass is 32.2. The fraction of sp³-hybridized carbons (Fsp3) is 0.583. The Morgan fingerprint density at radius 2 is 2.06 bits per heavy atom. The summed E-state index contributed by atoms with van der Waals surface area (Å²) in [5.74, 6) is -0.473. The number of aliphatic carboxylic acids is 1. The van der Waals surface area contributed by atoms with E-state index in [0.717, 1.165) is 10.7 Å². The lowest BCUT2D eigenvalue weighted by Gasteiger charge is -2.16. The first-order chi connectivity index (χ1) is 8.52. The summed E-state index contributed by atoms with van der Waals surface area (Å²) in [5, 5.41) is 12.8. The number of carbonyl (C=O) groups is 1. The molecule has 0 saturated heterocycles. The maximum atomic E-state index is 11.1. The molecule has 2 N–H and O–H groups in total. The van der Waals surface area contributed by atoms with E-state index in [2.05, 4.69) is 15.3 Å². The van der Waals surface area contributed by atoms with E-state index < -0.39 is 12.0 Å². The van der Waals surface area contributed by atoms with Crippen molar-refractivity contribution >= 4 is 17.7 Å². The summed E-state index contributed by atoms with van der Waals surface area (Å²) in [6, 6.07) is -0.523. The zero-order valence-electron chi connectivity index (χ0n) is 10.9. The first-order valence-electron chi connectivity index (χ1n) is 5.84. The van der Waals surface area contributed by atoms with Gasteiger partial charge in [0, 0.05) is 24.5 Å². The lowest BCUT2D eigenvalue weighted by molar-refractivity contribution is -0.140. The molecule has 0 fully saturated rings. The molecule has 0 bridgehead atoms. The molecular formula is C12H19N3O2S. The van der Waals surface area contributed by atoms with Crippen LogP contribution in [0.3, 0.4) is 0 Å². The van der Waals surface area contributed by atoms with Gasteiger partial charge in [-0.05, 0) is 18.6 Å². The van der Waals surface area contributed by atoms with Crippen molar-refractivity contribution in [3.8, 4) is 0 Å². The fourth-order valence-electron chi connectivity index (χ4n) is 1.52. The van der Waals surface area contributed by atoms with Crippen LogP contribution in [0.25, 0.3) is 0 Å². The number of nitrogens with one attached hydrogen (secondary N) is 1. The zero-order chi connectivity index (χ0) is 13.5. The van der Waals surface area contributed by atoms with Gasteiger partial charge in [0.15, 0.2) is 5.16 Å². The van der Waals surface area contributed by atoms with Gasteiger partial charge in [-0.1, -0.05) is 25.6 Å². The SMILES string of the molecule is CSc1ncc(CN[C@H](CC(C)C)C(=O)O)cn1. The zero-order valence-corrected chi connectivity index (χ0v) is 11.7. The van der Waals surface area contributed by atoms with Crippen molar-refractivity contribution in [3.05, 3.63) is 18.0 Å². The highest BCUT2D eigenvalue weighted by Crippen LogP contribution is 2.08. The van der Waals surface area contributed by atoms with Gasteiger partial charge in [0.2, 0.25) is 0 Å². The van der Waals surface area contributed by atoms with E-state index in [0.29, 0.717) is 18.9 Å². The Hall–Kier alpha value is -1.14. The first kappa shape index (κ1) is 14.9. The second kappa shape index (κ2) is 7.33. The monoisotopic (exact) mass is 269 g/mol. The van der Waals surface area contributed by atoms with Crippen molar-refractivity contribution in [1.29, 1.82) is 0 Å². The van der Waals surface area contributed by atoms with E-state index in [-0.39, 0.29) is 0 Å². The van der Waals surface area contributed by atoms with E-state index in [1.165, 1.54) is 11.8 Å². The predicted octanol–water partition coefficient (Wildman–Crippen LogP) is 1.79. The maximum Gasteiger partial charge on any atom is 0.320 e. The molecular weight excluding hydrogens is 250 g/mol. The largest absolute Gasteiger partial charge is 0.480 e. The third-order valence-electron chi connectivity index (χ3n) is 2.42. The fourth-order valence-corrected chi connectivity index (χ4v) is 1.84. The first-order valence-corrected chi connectivity index (χ1v) is 7.06. The van der Waals surface area contributed by atoms with E-state index in [4.69, 9.17) is 5.11 Å². The van der Waals surface area contributed by atoms with Crippen molar-refractivity contribution in [2.45, 2.75) is 38.0 Å². The molecule has 0 spiro atoms. The molecule has 0 radical (unpaired) electrons. The quantitative estimate of drug-likeness (QED) is 0.580. The molecule has 0 aliphatic rings. The molecule has 1 atom stereocenters. The summed E-state index contributed by atoms with van der Waals surface area (Å²) < 4.78 is 0. The van der Waals surface area contributed by atoms with Gasteiger partial charge in [0.25, 0.3) is 0 Å². The van der Waals surface area contributed by atoms with Gasteiger partial charge in [-0.3, -0.25) is 4.79 Å². The third kappa shape index (κ3) is 5.01. The Balaban J connectivity index is 2.52. The molecule has 0 aromatic carbocycles. The molecule has 1 aromatic heterocycles. The van der Waals surface area contributed by atoms with Gasteiger partial charge in [-0.15, -0.1) is 0 Å². The summed E-state index contributed by atoms with van der Waals surface area (Å²) >= 11 is 1.48. The number of nitrogens with zero attached hydrogens (tertiary/aromatic N) is 2. The average Bonchev–Trinajstić information content (AvgIpc) is 2.34. The van der Waals surface area contributed by atoms with Crippen LogP contribution in [0.1, 0.15) is 25.8 Å². The number of hydrogen-bond donors (Lipinski definition) is 2. The number of rotatable bonds is 7. The van der Waals surface area contributed by atoms with Gasteiger partial charge in [0.05, 0.1) is 0 Å². The molecule has 0 saturated carbocycles. The minimum atomic E-state index is -0.814. The Morgan fingerprint density at radius 1 is 1.44 bits per heavy atom. The van der Waals surface area contributed by atoms with E-state index in [9.17, 15) is 4.79 Å². The average molecular weight is 269 g/mol. The number of carboxylic acid groups (broad SMARTS) is 1. The lowest BCUT2D eigenvalue weighted by atomic mass is 10.0. The van der Waals surface area contributed by atoms with E-state index >= 15 is 0 Å². The second-order valence-corrected chi connectivity index (χ2v) is 5.25. The van der Waals surface area contributed by atoms with E-state index in [1.807, 2.05) is 20.1 Å². The van der Waals surface area contributed by atoms with Crippen molar-refractivity contribution in [2.75, 3.05) is 6.26 Å². The summed E-state index contributed by atoms with van der Waals surface area (Å²) in [5.41, 5.74) is 0.891. The Kier molecular flexibility index (Phi) is 6.07. The molecule has 0 aliphatic carbocycles. The standard InChI is InChI=1S/C12H19N3O2S/c1-8(2)4-10(11(16)17)13-5-9-6-14-12(18-3)15-7-9/h6-8,10,13H,4-5H2,1-3H3,(H,16,17)/t10-/m1/s1. The molecule has 18 heavy (non-hydrogen) atoms. The number of carboxylic acids is 1. The van der Waals surface area contributed by atoms with Crippen molar-refractivity contribution < 1.29 is 9.90 Å². The van der Waals surface area contributed by atoms with Crippen LogP contribution in [-0.2, 0) is 11.3 Å². The molecule has 0 unspecified atom stereocenters. The van der Waals surface area contributed by atoms with Crippen molar-refractivity contribution in [2.24, 2.45) is 5.92 Å². The highest BCUT2D eigenvalue weighted by molar-refractivity contribution is 7.98. The maximum absolute atomic E-state index is 11.1. The van der Waals surface area contributed by atoms with Gasteiger partial charge in [-0.25, -0.2) is 9.97 Å². The van der Waals surface area contributed by atoms with Crippen LogP contribution in [-0.4, -0.2) is 33.3 Å². The molecule has 1 rings (SSSR count). The van der Waals surface area contributed by atoms with Crippen LogP contribution in [0.4, 0.5) is 0 Å². The topological polar surface area (TPSA) is 75.1 Å². The number of thioether (sulfide) groups is 1. The summed E-state index contributed by atoms with van der Waals surface area (Å²) in [4.78, 5) is 19.4. The molecule has 5 nitrogen and oxygen atoms in total. The number of hydrogen-bond acceptors (Lipinski definition) is 5. The molecule has 1 heterocycles. The highest BCUT2D eigenvalue weighted by Gasteiger charge is 2.17. The molecule has 1 aromatic rings. The van der Waals surface area contributed by atoms with E-state index in [1.54, 1.807) is 12.4 Å². The molecule has 100 valence electrons. The Morgan fingerprint density at radius 3 is 2.50 bits per heavy atom. The predicted molar refractivity (Wildman–Crippen MR) is 71.5 cm³/mol. The molecule has 0 aliphatic heterocycles. The smallest absolute Gasteiger partial charge is 0.320 e. The van der Waals surface area contributed by atoms with Gasteiger partial charge >= 0.3 is 5.97 Å². The van der Waals surface area contributed by atoms with Crippen LogP contribution >= 0.6 is 11.8 Å². The molecule has 6 heteroatoms. The molecule has 0 amide bonds. The summed E-state index contributed by atoms with van der Waals surface area (Å²) in [7, 11) is 0. The van der Waals surface area contributed by atoms with Crippen LogP contribution in [0.15, 0.2) is 17.6 Å². The van der Waals surface area contributed by atoms with Crippen LogP contribution in [0.5, 0.6) is 0 Å². The Labute approximate surface area is 111 Å². The lowest BCUT2D eigenvalue weighted by Crippen LogP contribution is -2.37. The minimum Gasteiger partial charge on any atom is -0.480 e. The van der Waals surface area contributed by atoms with Crippen molar-refractivity contribution in [1.82, 2.24) is 15.3 Å². The summed E-state index contributed by atoms with van der Waals surface area (Å²) in [6.07, 6.45) is 5.97. The number of aromatic nitrogens is 2. The summed E-state index contributed by atoms with van der Waals surface area (Å²) in [6.45, 7) is 4.49.